The summed E-state index contributed by atoms with van der Waals surface area (Å²) in [5, 5.41) is 0. The first-order valence-electron chi connectivity index (χ1n) is 16.6. The van der Waals surface area contributed by atoms with Gasteiger partial charge in [0, 0.05) is 28.1 Å². The molecule has 4 aromatic carbocycles. The molecule has 0 radical (unpaired) electrons. The molecule has 1 aromatic heterocycles. The molecule has 0 fully saturated rings. The highest BCUT2D eigenvalue weighted by Crippen LogP contribution is 2.44. The summed E-state index contributed by atoms with van der Waals surface area (Å²) >= 11 is 0. The Balaban J connectivity index is 1.67. The molecular formula is C40H29BF10N2O2. The van der Waals surface area contributed by atoms with E-state index in [9.17, 15) is 43.9 Å². The maximum atomic E-state index is 14.4. The van der Waals surface area contributed by atoms with E-state index >= 15 is 0 Å². The number of aromatic nitrogens is 1. The molecule has 5 aromatic rings. The molecular weight excluding hydrogens is 741 g/mol. The van der Waals surface area contributed by atoms with Crippen LogP contribution in [0.3, 0.4) is 0 Å². The number of hydrogen-bond acceptors (Lipinski definition) is 3. The number of halogens is 10. The molecule has 1 aliphatic rings. The zero-order chi connectivity index (χ0) is 39.6. The van der Waals surface area contributed by atoms with E-state index in [0.717, 1.165) is 4.48 Å². The van der Waals surface area contributed by atoms with E-state index in [1.807, 2.05) is 0 Å². The van der Waals surface area contributed by atoms with Crippen molar-refractivity contribution in [1.29, 1.82) is 0 Å². The molecule has 1 aliphatic heterocycles. The molecule has 0 saturated carbocycles. The van der Waals surface area contributed by atoms with Gasteiger partial charge >= 0.3 is 31.5 Å². The summed E-state index contributed by atoms with van der Waals surface area (Å²) in [5.41, 5.74) is 3.88. The smallest absolute Gasteiger partial charge is 0.385 e. The predicted octanol–water partition coefficient (Wildman–Crippen LogP) is 11.4. The van der Waals surface area contributed by atoms with Gasteiger partial charge in [0.2, 0.25) is 0 Å². The lowest BCUT2D eigenvalue weighted by molar-refractivity contribution is -0.295. The van der Waals surface area contributed by atoms with Gasteiger partial charge in [-0.1, -0.05) is 121 Å². The lowest BCUT2D eigenvalue weighted by Gasteiger charge is -2.27. The summed E-state index contributed by atoms with van der Waals surface area (Å²) in [6.45, 7) is -3.40. The van der Waals surface area contributed by atoms with E-state index in [4.69, 9.17) is 14.3 Å². The number of nitrogens with zero attached hydrogens (tertiary/aromatic N) is 2. The number of rotatable bonds is 12. The van der Waals surface area contributed by atoms with Gasteiger partial charge in [-0.25, -0.2) is 4.99 Å². The summed E-state index contributed by atoms with van der Waals surface area (Å²) in [6, 6.07) is 35.5. The molecule has 15 heteroatoms. The first-order chi connectivity index (χ1) is 26.0. The second-order valence-electron chi connectivity index (χ2n) is 12.5. The van der Waals surface area contributed by atoms with E-state index in [-0.39, 0.29) is 33.8 Å². The predicted molar refractivity (Wildman–Crippen MR) is 190 cm³/mol. The molecule has 0 spiro atoms. The molecule has 0 bridgehead atoms. The Morgan fingerprint density at radius 1 is 0.582 bits per heavy atom. The van der Waals surface area contributed by atoms with Crippen molar-refractivity contribution >= 4 is 24.1 Å². The van der Waals surface area contributed by atoms with Gasteiger partial charge in [-0.05, 0) is 41.3 Å². The molecule has 55 heavy (non-hydrogen) atoms. The largest absolute Gasteiger partial charge is 0.598 e. The molecule has 0 unspecified atom stereocenters. The highest BCUT2D eigenvalue weighted by atomic mass is 19.4. The zero-order valence-electron chi connectivity index (χ0n) is 28.7. The Labute approximate surface area is 309 Å². The fraction of sp³-hybridized carbons (Fsp3) is 0.175. The number of benzene rings is 4. The molecule has 2 heterocycles. The van der Waals surface area contributed by atoms with Crippen LogP contribution in [0.2, 0.25) is 0 Å². The Hall–Kier alpha value is -5.41. The van der Waals surface area contributed by atoms with Gasteiger partial charge in [-0.3, -0.25) is 0 Å². The van der Waals surface area contributed by atoms with Crippen molar-refractivity contribution in [3.8, 4) is 22.4 Å². The second-order valence-corrected chi connectivity index (χ2v) is 12.5. The third-order valence-electron chi connectivity index (χ3n) is 8.68. The highest BCUT2D eigenvalue weighted by Gasteiger charge is 2.60. The number of aliphatic imine (C=N–C) groups is 1. The average molecular weight is 770 g/mol. The van der Waals surface area contributed by atoms with E-state index < -0.39 is 44.7 Å². The fourth-order valence-corrected chi connectivity index (χ4v) is 5.92. The van der Waals surface area contributed by atoms with Crippen molar-refractivity contribution < 1.29 is 53.2 Å². The van der Waals surface area contributed by atoms with Crippen LogP contribution in [0.1, 0.15) is 23.7 Å². The number of alkyl halides is 10. The third-order valence-corrected chi connectivity index (χ3v) is 8.68. The SMILES string of the molecule is C/C(=C1/N=C(c2ccccc2)C=C1c1ccccc1)c1c(-c2ccccc2)cc(-c2ccccc2)n1B(OCC(F)(F)C(F)(F)F)OCC(F)(F)C(F)(F)F. The lowest BCUT2D eigenvalue weighted by Crippen LogP contribution is -2.48. The van der Waals surface area contributed by atoms with Crippen molar-refractivity contribution in [3.05, 3.63) is 156 Å². The first kappa shape index (κ1) is 39.3. The molecule has 4 nitrogen and oxygen atoms in total. The Morgan fingerprint density at radius 3 is 1.45 bits per heavy atom. The highest BCUT2D eigenvalue weighted by molar-refractivity contribution is 6.44. The Kier molecular flexibility index (Phi) is 11.0. The fourth-order valence-electron chi connectivity index (χ4n) is 5.92. The van der Waals surface area contributed by atoms with Gasteiger partial charge in [0.15, 0.2) is 0 Å². The maximum absolute atomic E-state index is 14.4. The van der Waals surface area contributed by atoms with Gasteiger partial charge in [0.1, 0.15) is 13.2 Å². The van der Waals surface area contributed by atoms with Gasteiger partial charge in [-0.2, -0.15) is 43.9 Å². The second kappa shape index (κ2) is 15.4. The Bertz CT molecular complexity index is 2170. The monoisotopic (exact) mass is 770 g/mol. The van der Waals surface area contributed by atoms with Gasteiger partial charge in [-0.15, -0.1) is 0 Å². The molecule has 0 aliphatic carbocycles. The van der Waals surface area contributed by atoms with Crippen LogP contribution >= 0.6 is 0 Å². The summed E-state index contributed by atoms with van der Waals surface area (Å²) in [7, 11) is -2.69. The number of allylic oxidation sites excluding steroid dienone is 3. The van der Waals surface area contributed by atoms with Crippen LogP contribution in [0.5, 0.6) is 0 Å². The van der Waals surface area contributed by atoms with Crippen LogP contribution in [-0.4, -0.2) is 54.9 Å². The van der Waals surface area contributed by atoms with Crippen LogP contribution in [-0.2, 0) is 9.31 Å². The average Bonchev–Trinajstić information content (AvgIpc) is 3.79. The summed E-state index contributed by atoms with van der Waals surface area (Å²) < 4.78 is 149. The lowest BCUT2D eigenvalue weighted by atomic mass is 9.94. The maximum Gasteiger partial charge on any atom is 0.598 e. The van der Waals surface area contributed by atoms with Gasteiger partial charge in [0.05, 0.1) is 11.4 Å². The zero-order valence-corrected chi connectivity index (χ0v) is 28.7. The van der Waals surface area contributed by atoms with Crippen LogP contribution in [0.25, 0.3) is 33.5 Å². The minimum Gasteiger partial charge on any atom is -0.385 e. The van der Waals surface area contributed by atoms with Crippen LogP contribution in [0, 0.1) is 0 Å². The van der Waals surface area contributed by atoms with Crippen molar-refractivity contribution in [3.63, 3.8) is 0 Å². The van der Waals surface area contributed by atoms with Crippen LogP contribution in [0.15, 0.2) is 144 Å². The van der Waals surface area contributed by atoms with Gasteiger partial charge in [0.25, 0.3) is 0 Å². The van der Waals surface area contributed by atoms with E-state index in [1.165, 1.54) is 18.2 Å². The number of hydrogen-bond donors (Lipinski definition) is 0. The summed E-state index contributed by atoms with van der Waals surface area (Å²) in [6.07, 6.45) is -10.5. The summed E-state index contributed by atoms with van der Waals surface area (Å²) in [5.74, 6) is -11.1. The molecule has 0 N–H and O–H groups in total. The van der Waals surface area contributed by atoms with Crippen molar-refractivity contribution in [2.75, 3.05) is 13.2 Å². The van der Waals surface area contributed by atoms with Crippen molar-refractivity contribution in [2.24, 2.45) is 4.99 Å². The minimum absolute atomic E-state index is 0.0273. The first-order valence-corrected chi connectivity index (χ1v) is 16.6. The topological polar surface area (TPSA) is 35.8 Å². The Morgan fingerprint density at radius 2 is 1.00 bits per heavy atom. The summed E-state index contributed by atoms with van der Waals surface area (Å²) in [4.78, 5) is 4.92. The minimum atomic E-state index is -6.16. The van der Waals surface area contributed by atoms with E-state index in [0.29, 0.717) is 28.0 Å². The van der Waals surface area contributed by atoms with Crippen molar-refractivity contribution in [1.82, 2.24) is 4.48 Å². The van der Waals surface area contributed by atoms with Crippen LogP contribution < -0.4 is 0 Å². The molecule has 0 atom stereocenters. The van der Waals surface area contributed by atoms with Crippen LogP contribution in [0.4, 0.5) is 43.9 Å². The molecule has 6 rings (SSSR count). The molecule has 0 amide bonds. The standard InChI is InChI=1S/C40H29BF10N2O2/c1-26(35-31(27-14-6-2-7-15-27)22-33(52-35)29-18-10-4-11-19-29)36-32(28-16-8-3-9-17-28)23-34(30-20-12-5-13-21-30)53(36)41(54-24-37(42,43)39(46,47)48)55-25-38(44,45)40(49,50)51/h2-23H,24-25H2,1H3/b35-26-. The quantitative estimate of drug-likeness (QED) is 0.0936. The molecule has 0 saturated heterocycles. The van der Waals surface area contributed by atoms with E-state index in [2.05, 4.69) is 0 Å². The normalized spacial score (nSPS) is 14.8. The van der Waals surface area contributed by atoms with Crippen molar-refractivity contribution in [2.45, 2.75) is 31.1 Å². The van der Waals surface area contributed by atoms with Gasteiger partial charge < -0.3 is 13.8 Å². The third kappa shape index (κ3) is 8.32. The van der Waals surface area contributed by atoms with E-state index in [1.54, 1.807) is 122 Å². The molecule has 284 valence electrons.